The third kappa shape index (κ3) is 2.57. The Morgan fingerprint density at radius 3 is 2.32 bits per heavy atom. The van der Waals surface area contributed by atoms with E-state index in [4.69, 9.17) is 0 Å². The molecule has 25 heavy (non-hydrogen) atoms. The number of hydrogen-bond donors (Lipinski definition) is 0. The van der Waals surface area contributed by atoms with E-state index in [0.717, 1.165) is 6.42 Å². The first-order valence-corrected chi connectivity index (χ1v) is 21.1. The Morgan fingerprint density at radius 1 is 1.12 bits per heavy atom. The van der Waals surface area contributed by atoms with E-state index in [0.29, 0.717) is 9.09 Å². The summed E-state index contributed by atoms with van der Waals surface area (Å²) in [5.41, 5.74) is 6.94. The molecule has 2 unspecified atom stereocenters. The molecule has 0 amide bonds. The Labute approximate surface area is 164 Å². The molecule has 133 valence electrons. The van der Waals surface area contributed by atoms with Crippen molar-refractivity contribution in [1.82, 2.24) is 0 Å². The van der Waals surface area contributed by atoms with E-state index < -0.39 is 29.8 Å². The van der Waals surface area contributed by atoms with Gasteiger partial charge in [0, 0.05) is 0 Å². The minimum atomic E-state index is -1.88. The van der Waals surface area contributed by atoms with E-state index in [1.165, 1.54) is 5.57 Å². The van der Waals surface area contributed by atoms with Crippen LogP contribution in [-0.2, 0) is 21.4 Å². The summed E-state index contributed by atoms with van der Waals surface area (Å²) >= 11 is -1.88. The van der Waals surface area contributed by atoms with E-state index in [1.807, 2.05) is 5.17 Å². The molecule has 3 aliphatic carbocycles. The summed E-state index contributed by atoms with van der Waals surface area (Å²) in [5, 5.41) is 1.83. The van der Waals surface area contributed by atoms with Gasteiger partial charge in [-0.15, -0.1) is 0 Å². The van der Waals surface area contributed by atoms with Gasteiger partial charge in [0.1, 0.15) is 0 Å². The molecule has 0 aliphatic heterocycles. The second-order valence-electron chi connectivity index (χ2n) is 8.89. The van der Waals surface area contributed by atoms with Crippen molar-refractivity contribution in [2.45, 2.75) is 59.7 Å². The molecule has 0 heterocycles. The molecule has 3 rings (SSSR count). The van der Waals surface area contributed by atoms with E-state index in [9.17, 15) is 0 Å². The van der Waals surface area contributed by atoms with Gasteiger partial charge in [0.05, 0.1) is 0 Å². The van der Waals surface area contributed by atoms with E-state index >= 15 is 0 Å². The zero-order valence-corrected chi connectivity index (χ0v) is 21.8. The molecule has 0 fully saturated rings. The third-order valence-corrected chi connectivity index (χ3v) is 18.4. The Hall–Kier alpha value is -0.343. The SMILES string of the molecule is CC1=CC=CC2=C(C(=[Si](C)C)C(C)(C)[C]2(C2=CC=CC2)[Hf]([CH3])[CH3])C1C. The molecule has 0 aromatic carbocycles. The van der Waals surface area contributed by atoms with Gasteiger partial charge in [-0.1, -0.05) is 0 Å². The van der Waals surface area contributed by atoms with Crippen molar-refractivity contribution >= 4 is 13.6 Å². The van der Waals surface area contributed by atoms with Crippen LogP contribution in [-0.4, -0.2) is 13.6 Å². The summed E-state index contributed by atoms with van der Waals surface area (Å²) in [7, 11) is -0.507. The van der Waals surface area contributed by atoms with Crippen molar-refractivity contribution in [2.75, 3.05) is 0 Å². The Bertz CT molecular complexity index is 779. The summed E-state index contributed by atoms with van der Waals surface area (Å²) in [6.45, 7) is 15.0. The van der Waals surface area contributed by atoms with Gasteiger partial charge in [0.25, 0.3) is 0 Å². The molecule has 2 heteroatoms. The van der Waals surface area contributed by atoms with Gasteiger partial charge in [-0.3, -0.25) is 0 Å². The number of allylic oxidation sites excluding steroid dienone is 10. The average Bonchev–Trinajstić information content (AvgIpc) is 3.06. The van der Waals surface area contributed by atoms with E-state index in [-0.39, 0.29) is 5.41 Å². The molecule has 0 bridgehead atoms. The van der Waals surface area contributed by atoms with Crippen LogP contribution in [0.1, 0.15) is 34.1 Å². The molecule has 0 aromatic heterocycles. The minimum absolute atomic E-state index is 0.273. The van der Waals surface area contributed by atoms with Crippen molar-refractivity contribution in [2.24, 2.45) is 11.3 Å². The monoisotopic (exact) mass is 517 g/mol. The van der Waals surface area contributed by atoms with Crippen LogP contribution in [0.25, 0.3) is 0 Å². The standard InChI is InChI=1S/C21H27Si.2CH3.Hf/c1-14-10-9-13-17-18(15(14)2)20(22(5)6)21(3,4)19(17)16-11-7-8-12-16;;;/h7-11,13,15H,12H2,1-6H3;2*1H3;. The first kappa shape index (κ1) is 19.4. The van der Waals surface area contributed by atoms with Crippen molar-refractivity contribution in [3.05, 3.63) is 58.7 Å². The van der Waals surface area contributed by atoms with Crippen LogP contribution in [0.15, 0.2) is 58.7 Å². The Balaban J connectivity index is 2.43. The summed E-state index contributed by atoms with van der Waals surface area (Å²) < 4.78 is 5.64. The van der Waals surface area contributed by atoms with Gasteiger partial charge in [0.15, 0.2) is 0 Å². The van der Waals surface area contributed by atoms with Crippen LogP contribution in [0.4, 0.5) is 0 Å². The second kappa shape index (κ2) is 6.67. The van der Waals surface area contributed by atoms with Crippen LogP contribution < -0.4 is 0 Å². The van der Waals surface area contributed by atoms with Crippen LogP contribution in [0.3, 0.4) is 0 Å². The molecular formula is C23H33HfSi. The summed E-state index contributed by atoms with van der Waals surface area (Å²) in [4.78, 5) is 0. The van der Waals surface area contributed by atoms with Crippen molar-refractivity contribution < 1.29 is 21.4 Å². The molecule has 0 N–H and O–H groups in total. The topological polar surface area (TPSA) is 0 Å². The summed E-state index contributed by atoms with van der Waals surface area (Å²) in [5.74, 6) is 0.557. The van der Waals surface area contributed by atoms with Crippen molar-refractivity contribution in [1.29, 1.82) is 0 Å². The van der Waals surface area contributed by atoms with E-state index in [1.54, 1.807) is 16.7 Å². The average molecular weight is 516 g/mol. The van der Waals surface area contributed by atoms with Crippen molar-refractivity contribution in [3.8, 4) is 0 Å². The van der Waals surface area contributed by atoms with Gasteiger partial charge in [-0.05, 0) is 0 Å². The number of rotatable bonds is 2. The molecule has 3 aliphatic rings. The predicted octanol–water partition coefficient (Wildman–Crippen LogP) is 6.74. The van der Waals surface area contributed by atoms with Crippen LogP contribution in [0, 0.1) is 11.3 Å². The molecule has 2 atom stereocenters. The third-order valence-electron chi connectivity index (χ3n) is 6.77. The Morgan fingerprint density at radius 2 is 1.80 bits per heavy atom. The second-order valence-corrected chi connectivity index (χ2v) is 21.3. The van der Waals surface area contributed by atoms with Crippen LogP contribution in [0.2, 0.25) is 25.6 Å². The zero-order valence-electron chi connectivity index (χ0n) is 17.2. The molecule has 0 aromatic rings. The Kier molecular flexibility index (Phi) is 5.18. The fourth-order valence-corrected chi connectivity index (χ4v) is 19.3. The summed E-state index contributed by atoms with van der Waals surface area (Å²) in [6.07, 6.45) is 15.5. The molecular weight excluding hydrogens is 483 g/mol. The fourth-order valence-electron chi connectivity index (χ4n) is 5.94. The molecule has 0 spiro atoms. The zero-order chi connectivity index (χ0) is 18.6. The van der Waals surface area contributed by atoms with E-state index in [2.05, 4.69) is 86.6 Å². The van der Waals surface area contributed by atoms with Crippen LogP contribution >= 0.6 is 0 Å². The predicted molar refractivity (Wildman–Crippen MR) is 112 cm³/mol. The molecule has 0 nitrogen and oxygen atoms in total. The first-order valence-electron chi connectivity index (χ1n) is 9.62. The van der Waals surface area contributed by atoms with Crippen LogP contribution in [0.5, 0.6) is 0 Å². The molecule has 0 saturated heterocycles. The molecule has 0 saturated carbocycles. The maximum atomic E-state index is 2.65. The number of hydrogen-bond acceptors (Lipinski definition) is 0. The van der Waals surface area contributed by atoms with Crippen molar-refractivity contribution in [3.63, 3.8) is 0 Å². The fraction of sp³-hybridized carbons (Fsp3) is 0.522. The quantitative estimate of drug-likeness (QED) is 0.357. The van der Waals surface area contributed by atoms with Gasteiger partial charge < -0.3 is 0 Å². The van der Waals surface area contributed by atoms with Gasteiger partial charge >= 0.3 is 165 Å². The first-order chi connectivity index (χ1) is 11.7. The maximum absolute atomic E-state index is 2.65. The van der Waals surface area contributed by atoms with Gasteiger partial charge in [-0.2, -0.15) is 0 Å². The summed E-state index contributed by atoms with van der Waals surface area (Å²) in [6, 6.07) is 0. The van der Waals surface area contributed by atoms with Gasteiger partial charge in [0.2, 0.25) is 0 Å². The molecule has 0 radical (unpaired) electrons. The van der Waals surface area contributed by atoms with Gasteiger partial charge in [-0.25, -0.2) is 0 Å². The normalized spacial score (nSPS) is 30.2.